The van der Waals surface area contributed by atoms with Gasteiger partial charge in [-0.25, -0.2) is 8.42 Å². The van der Waals surface area contributed by atoms with Crippen LogP contribution >= 0.6 is 0 Å². The molecule has 2 N–H and O–H groups in total. The summed E-state index contributed by atoms with van der Waals surface area (Å²) in [4.78, 5) is -0.106. The van der Waals surface area contributed by atoms with Crippen molar-refractivity contribution in [1.82, 2.24) is 10.0 Å². The molecule has 0 amide bonds. The first kappa shape index (κ1) is 16.3. The number of halogens is 3. The van der Waals surface area contributed by atoms with E-state index in [1.807, 2.05) is 4.72 Å². The van der Waals surface area contributed by atoms with Crippen LogP contribution in [-0.2, 0) is 16.6 Å². The molecule has 0 spiro atoms. The van der Waals surface area contributed by atoms with Crippen molar-refractivity contribution in [3.05, 3.63) is 29.3 Å². The summed E-state index contributed by atoms with van der Waals surface area (Å²) in [5, 5.41) is 2.87. The molecule has 1 fully saturated rings. The lowest BCUT2D eigenvalue weighted by molar-refractivity contribution is -0.160. The van der Waals surface area contributed by atoms with E-state index in [-0.39, 0.29) is 17.7 Å². The summed E-state index contributed by atoms with van der Waals surface area (Å²) in [6.07, 6.45) is -5.01. The zero-order valence-electron chi connectivity index (χ0n) is 11.7. The summed E-state index contributed by atoms with van der Waals surface area (Å²) in [5.41, 5.74) is -1.18. The lowest BCUT2D eigenvalue weighted by atomic mass is 10.1. The van der Waals surface area contributed by atoms with Gasteiger partial charge in [0.1, 0.15) is 5.54 Å². The molecular weight excluding hydrogens is 305 g/mol. The highest BCUT2D eigenvalue weighted by Crippen LogP contribution is 2.49. The van der Waals surface area contributed by atoms with Crippen LogP contribution in [0.5, 0.6) is 0 Å². The van der Waals surface area contributed by atoms with Crippen LogP contribution in [0.4, 0.5) is 13.2 Å². The fourth-order valence-corrected chi connectivity index (χ4v) is 3.87. The monoisotopic (exact) mass is 322 g/mol. The number of sulfonamides is 1. The van der Waals surface area contributed by atoms with Crippen molar-refractivity contribution >= 4 is 10.0 Å². The molecule has 118 valence electrons. The Labute approximate surface area is 121 Å². The van der Waals surface area contributed by atoms with Gasteiger partial charge in [0, 0.05) is 6.54 Å². The Bertz CT molecular complexity index is 637. The van der Waals surface area contributed by atoms with Gasteiger partial charge < -0.3 is 5.32 Å². The second kappa shape index (κ2) is 5.26. The van der Waals surface area contributed by atoms with Crippen molar-refractivity contribution in [1.29, 1.82) is 0 Å². The van der Waals surface area contributed by atoms with E-state index in [0.29, 0.717) is 17.7 Å². The van der Waals surface area contributed by atoms with Crippen LogP contribution in [0.2, 0.25) is 0 Å². The number of alkyl halides is 3. The summed E-state index contributed by atoms with van der Waals surface area (Å²) in [7, 11) is -2.50. The average molecular weight is 322 g/mol. The van der Waals surface area contributed by atoms with Gasteiger partial charge in [-0.15, -0.1) is 0 Å². The molecule has 1 saturated carbocycles. The molecule has 1 aromatic carbocycles. The number of benzene rings is 1. The predicted molar refractivity (Wildman–Crippen MR) is 72.3 cm³/mol. The van der Waals surface area contributed by atoms with Gasteiger partial charge in [0.05, 0.1) is 4.90 Å². The van der Waals surface area contributed by atoms with E-state index < -0.39 is 21.7 Å². The molecule has 0 bridgehead atoms. The van der Waals surface area contributed by atoms with Gasteiger partial charge >= 0.3 is 6.18 Å². The molecule has 8 heteroatoms. The molecule has 0 aromatic heterocycles. The van der Waals surface area contributed by atoms with E-state index in [0.717, 1.165) is 0 Å². The second-order valence-electron chi connectivity index (χ2n) is 5.32. The first-order valence-corrected chi connectivity index (χ1v) is 7.94. The Hall–Kier alpha value is -1.12. The quantitative estimate of drug-likeness (QED) is 0.873. The summed E-state index contributed by atoms with van der Waals surface area (Å²) in [5.74, 6) is 0. The van der Waals surface area contributed by atoms with Gasteiger partial charge in [0.2, 0.25) is 10.0 Å². The van der Waals surface area contributed by atoms with Crippen molar-refractivity contribution in [2.45, 2.75) is 42.9 Å². The van der Waals surface area contributed by atoms with Gasteiger partial charge in [-0.2, -0.15) is 17.9 Å². The van der Waals surface area contributed by atoms with Crippen LogP contribution in [0, 0.1) is 6.92 Å². The standard InChI is InChI=1S/C13H17F3N2O2S/c1-9-3-4-10(8-17-2)7-11(9)21(19,20)18-12(5-6-12)13(14,15)16/h3-4,7,17-18H,5-6,8H2,1-2H3. The van der Waals surface area contributed by atoms with Crippen LogP contribution in [0.15, 0.2) is 23.1 Å². The van der Waals surface area contributed by atoms with Gasteiger partial charge in [0.15, 0.2) is 0 Å². The molecule has 4 nitrogen and oxygen atoms in total. The van der Waals surface area contributed by atoms with Gasteiger partial charge in [-0.3, -0.25) is 0 Å². The maximum Gasteiger partial charge on any atom is 0.407 e. The third-order valence-electron chi connectivity index (χ3n) is 3.55. The number of hydrogen-bond acceptors (Lipinski definition) is 3. The average Bonchev–Trinajstić information content (AvgIpc) is 3.11. The Morgan fingerprint density at radius 2 is 1.90 bits per heavy atom. The van der Waals surface area contributed by atoms with E-state index in [9.17, 15) is 21.6 Å². The van der Waals surface area contributed by atoms with Crippen molar-refractivity contribution in [3.8, 4) is 0 Å². The van der Waals surface area contributed by atoms with E-state index in [2.05, 4.69) is 5.32 Å². The van der Waals surface area contributed by atoms with E-state index >= 15 is 0 Å². The lowest BCUT2D eigenvalue weighted by Gasteiger charge is -2.21. The zero-order chi connectivity index (χ0) is 15.9. The first-order chi connectivity index (χ1) is 9.61. The van der Waals surface area contributed by atoms with E-state index in [1.54, 1.807) is 26.1 Å². The fourth-order valence-electron chi connectivity index (χ4n) is 2.13. The van der Waals surface area contributed by atoms with Gasteiger partial charge in [-0.05, 0) is 44.0 Å². The van der Waals surface area contributed by atoms with Crippen LogP contribution in [0.25, 0.3) is 0 Å². The summed E-state index contributed by atoms with van der Waals surface area (Å²) in [6.45, 7) is 2.00. The SMILES string of the molecule is CNCc1ccc(C)c(S(=O)(=O)NC2(C(F)(F)F)CC2)c1. The van der Waals surface area contributed by atoms with E-state index in [1.165, 1.54) is 6.07 Å². The molecule has 1 aliphatic rings. The van der Waals surface area contributed by atoms with Gasteiger partial charge in [-0.1, -0.05) is 12.1 Å². The first-order valence-electron chi connectivity index (χ1n) is 6.46. The summed E-state index contributed by atoms with van der Waals surface area (Å²) in [6, 6.07) is 4.73. The highest BCUT2D eigenvalue weighted by molar-refractivity contribution is 7.89. The van der Waals surface area contributed by atoms with Crippen molar-refractivity contribution in [2.24, 2.45) is 0 Å². The zero-order valence-corrected chi connectivity index (χ0v) is 12.5. The topological polar surface area (TPSA) is 58.2 Å². The molecule has 21 heavy (non-hydrogen) atoms. The fraction of sp³-hybridized carbons (Fsp3) is 0.538. The highest BCUT2D eigenvalue weighted by atomic mass is 32.2. The van der Waals surface area contributed by atoms with Crippen LogP contribution < -0.4 is 10.0 Å². The van der Waals surface area contributed by atoms with Crippen molar-refractivity contribution in [3.63, 3.8) is 0 Å². The number of nitrogens with one attached hydrogen (secondary N) is 2. The molecule has 0 unspecified atom stereocenters. The molecule has 0 saturated heterocycles. The Balaban J connectivity index is 2.34. The Kier molecular flexibility index (Phi) is 4.07. The molecule has 1 aliphatic carbocycles. The van der Waals surface area contributed by atoms with Gasteiger partial charge in [0.25, 0.3) is 0 Å². The number of rotatable bonds is 5. The third-order valence-corrected chi connectivity index (χ3v) is 5.22. The second-order valence-corrected chi connectivity index (χ2v) is 6.97. The minimum absolute atomic E-state index is 0.106. The Morgan fingerprint density at radius 3 is 2.38 bits per heavy atom. The minimum Gasteiger partial charge on any atom is -0.316 e. The molecule has 0 aliphatic heterocycles. The molecule has 0 radical (unpaired) electrons. The lowest BCUT2D eigenvalue weighted by Crippen LogP contribution is -2.47. The summed E-state index contributed by atoms with van der Waals surface area (Å²) < 4.78 is 65.1. The molecular formula is C13H17F3N2O2S. The van der Waals surface area contributed by atoms with Crippen LogP contribution in [-0.4, -0.2) is 27.2 Å². The third kappa shape index (κ3) is 3.22. The van der Waals surface area contributed by atoms with Crippen LogP contribution in [0.3, 0.4) is 0 Å². The van der Waals surface area contributed by atoms with E-state index in [4.69, 9.17) is 0 Å². The molecule has 2 rings (SSSR count). The Morgan fingerprint density at radius 1 is 1.29 bits per heavy atom. The number of aryl methyl sites for hydroxylation is 1. The molecule has 1 aromatic rings. The summed E-state index contributed by atoms with van der Waals surface area (Å²) >= 11 is 0. The van der Waals surface area contributed by atoms with Crippen LogP contribution in [0.1, 0.15) is 24.0 Å². The number of hydrogen-bond donors (Lipinski definition) is 2. The van der Waals surface area contributed by atoms with Crippen molar-refractivity contribution < 1.29 is 21.6 Å². The predicted octanol–water partition coefficient (Wildman–Crippen LogP) is 2.09. The largest absolute Gasteiger partial charge is 0.407 e. The highest BCUT2D eigenvalue weighted by Gasteiger charge is 2.65. The molecule has 0 atom stereocenters. The maximum absolute atomic E-state index is 12.9. The minimum atomic E-state index is -4.57. The maximum atomic E-state index is 12.9. The normalized spacial score (nSPS) is 17.8. The molecule has 0 heterocycles. The van der Waals surface area contributed by atoms with Crippen molar-refractivity contribution in [2.75, 3.05) is 7.05 Å². The smallest absolute Gasteiger partial charge is 0.316 e.